The van der Waals surface area contributed by atoms with Crippen LogP contribution in [0.1, 0.15) is 27.6 Å². The lowest BCUT2D eigenvalue weighted by molar-refractivity contribution is 0.627. The normalized spacial score (nSPS) is 12.5. The molecule has 0 aliphatic rings. The van der Waals surface area contributed by atoms with Gasteiger partial charge in [-0.25, -0.2) is 4.39 Å². The van der Waals surface area contributed by atoms with Crippen molar-refractivity contribution in [2.24, 2.45) is 0 Å². The smallest absolute Gasteiger partial charge is 0.123 e. The van der Waals surface area contributed by atoms with Crippen molar-refractivity contribution in [3.05, 3.63) is 68.9 Å². The van der Waals surface area contributed by atoms with Gasteiger partial charge in [-0.15, -0.1) is 11.6 Å². The molecule has 94 valence electrons. The van der Waals surface area contributed by atoms with Gasteiger partial charge in [0.1, 0.15) is 5.82 Å². The van der Waals surface area contributed by atoms with Gasteiger partial charge in [0, 0.05) is 4.47 Å². The van der Waals surface area contributed by atoms with Crippen molar-refractivity contribution in [2.75, 3.05) is 0 Å². The van der Waals surface area contributed by atoms with Gasteiger partial charge < -0.3 is 0 Å². The SMILES string of the molecule is Cc1cc(C(Cl)c2ccc(F)cc2)c(C)cc1Br. The fourth-order valence-corrected chi connectivity index (χ4v) is 2.73. The maximum absolute atomic E-state index is 12.9. The fraction of sp³-hybridized carbons (Fsp3) is 0.200. The topological polar surface area (TPSA) is 0 Å². The van der Waals surface area contributed by atoms with Gasteiger partial charge in [-0.2, -0.15) is 0 Å². The average molecular weight is 328 g/mol. The summed E-state index contributed by atoms with van der Waals surface area (Å²) in [6, 6.07) is 10.5. The first kappa shape index (κ1) is 13.6. The fourth-order valence-electron chi connectivity index (χ4n) is 1.89. The number of halogens is 3. The maximum atomic E-state index is 12.9. The molecule has 1 unspecified atom stereocenters. The Morgan fingerprint density at radius 1 is 1.06 bits per heavy atom. The van der Waals surface area contributed by atoms with Crippen LogP contribution >= 0.6 is 27.5 Å². The summed E-state index contributed by atoms with van der Waals surface area (Å²) in [5, 5.41) is -0.252. The van der Waals surface area contributed by atoms with Gasteiger partial charge in [-0.1, -0.05) is 34.1 Å². The van der Waals surface area contributed by atoms with Crippen LogP contribution in [0.3, 0.4) is 0 Å². The molecule has 0 spiro atoms. The Morgan fingerprint density at radius 2 is 1.67 bits per heavy atom. The third-order valence-corrected chi connectivity index (χ3v) is 4.32. The Bertz CT molecular complexity index is 563. The third-order valence-electron chi connectivity index (χ3n) is 2.98. The molecule has 0 amide bonds. The molecule has 0 bridgehead atoms. The molecule has 0 saturated heterocycles. The van der Waals surface area contributed by atoms with E-state index in [0.717, 1.165) is 26.7 Å². The van der Waals surface area contributed by atoms with Crippen LogP contribution in [-0.4, -0.2) is 0 Å². The van der Waals surface area contributed by atoms with Crippen LogP contribution in [0.4, 0.5) is 4.39 Å². The van der Waals surface area contributed by atoms with Crippen LogP contribution in [0.2, 0.25) is 0 Å². The van der Waals surface area contributed by atoms with Crippen molar-refractivity contribution in [1.82, 2.24) is 0 Å². The maximum Gasteiger partial charge on any atom is 0.123 e. The van der Waals surface area contributed by atoms with Gasteiger partial charge in [-0.3, -0.25) is 0 Å². The average Bonchev–Trinajstić information content (AvgIpc) is 2.34. The molecule has 2 rings (SSSR count). The third kappa shape index (κ3) is 2.76. The lowest BCUT2D eigenvalue weighted by Crippen LogP contribution is -1.98. The van der Waals surface area contributed by atoms with Crippen LogP contribution in [-0.2, 0) is 0 Å². The Morgan fingerprint density at radius 3 is 2.28 bits per heavy atom. The summed E-state index contributed by atoms with van der Waals surface area (Å²) in [7, 11) is 0. The molecule has 2 aromatic carbocycles. The number of rotatable bonds is 2. The van der Waals surface area contributed by atoms with E-state index in [2.05, 4.69) is 28.1 Å². The minimum Gasteiger partial charge on any atom is -0.207 e. The zero-order valence-electron chi connectivity index (χ0n) is 10.2. The Kier molecular flexibility index (Phi) is 4.08. The van der Waals surface area contributed by atoms with Crippen molar-refractivity contribution in [3.63, 3.8) is 0 Å². The predicted octanol–water partition coefficient (Wildman–Crippen LogP) is 5.53. The van der Waals surface area contributed by atoms with Crippen molar-refractivity contribution < 1.29 is 4.39 Å². The summed E-state index contributed by atoms with van der Waals surface area (Å²) in [6.07, 6.45) is 0. The second-order valence-corrected chi connectivity index (χ2v) is 5.66. The summed E-state index contributed by atoms with van der Waals surface area (Å²) in [6.45, 7) is 4.06. The molecule has 0 fully saturated rings. The molecule has 0 nitrogen and oxygen atoms in total. The summed E-state index contributed by atoms with van der Waals surface area (Å²) < 4.78 is 14.0. The zero-order valence-corrected chi connectivity index (χ0v) is 12.5. The first-order valence-electron chi connectivity index (χ1n) is 5.65. The summed E-state index contributed by atoms with van der Waals surface area (Å²) >= 11 is 9.98. The highest BCUT2D eigenvalue weighted by Gasteiger charge is 2.14. The first-order valence-corrected chi connectivity index (χ1v) is 6.88. The van der Waals surface area contributed by atoms with Gasteiger partial charge in [0.05, 0.1) is 5.38 Å². The molecular formula is C15H13BrClF. The van der Waals surface area contributed by atoms with Crippen LogP contribution < -0.4 is 0 Å². The van der Waals surface area contributed by atoms with Crippen molar-refractivity contribution in [2.45, 2.75) is 19.2 Å². The molecule has 0 radical (unpaired) electrons. The highest BCUT2D eigenvalue weighted by molar-refractivity contribution is 9.10. The molecule has 0 aliphatic heterocycles. The molecule has 0 N–H and O–H groups in total. The molecule has 0 aromatic heterocycles. The molecule has 2 aromatic rings. The van der Waals surface area contributed by atoms with E-state index in [0.29, 0.717) is 0 Å². The molecule has 18 heavy (non-hydrogen) atoms. The largest absolute Gasteiger partial charge is 0.207 e. The molecule has 0 aliphatic carbocycles. The quantitative estimate of drug-likeness (QED) is 0.636. The number of hydrogen-bond donors (Lipinski definition) is 0. The van der Waals surface area contributed by atoms with Gasteiger partial charge in [0.15, 0.2) is 0 Å². The van der Waals surface area contributed by atoms with Gasteiger partial charge in [-0.05, 0) is 54.3 Å². The Balaban J connectivity index is 2.42. The molecular weight excluding hydrogens is 315 g/mol. The van der Waals surface area contributed by atoms with E-state index in [1.165, 1.54) is 12.1 Å². The monoisotopic (exact) mass is 326 g/mol. The highest BCUT2D eigenvalue weighted by atomic mass is 79.9. The Labute approximate surface area is 120 Å². The second kappa shape index (κ2) is 5.41. The van der Waals surface area contributed by atoms with E-state index in [1.807, 2.05) is 13.8 Å². The van der Waals surface area contributed by atoms with Gasteiger partial charge in [0.25, 0.3) is 0 Å². The zero-order chi connectivity index (χ0) is 13.3. The van der Waals surface area contributed by atoms with E-state index in [-0.39, 0.29) is 11.2 Å². The molecule has 0 saturated carbocycles. The number of alkyl halides is 1. The van der Waals surface area contributed by atoms with Crippen LogP contribution in [0.25, 0.3) is 0 Å². The number of hydrogen-bond acceptors (Lipinski definition) is 0. The molecule has 3 heteroatoms. The van der Waals surface area contributed by atoms with E-state index in [1.54, 1.807) is 12.1 Å². The van der Waals surface area contributed by atoms with E-state index in [9.17, 15) is 4.39 Å². The predicted molar refractivity (Wildman–Crippen MR) is 77.7 cm³/mol. The van der Waals surface area contributed by atoms with E-state index < -0.39 is 0 Å². The summed E-state index contributed by atoms with van der Waals surface area (Å²) in [5.41, 5.74) is 4.23. The van der Waals surface area contributed by atoms with Crippen LogP contribution in [0.15, 0.2) is 40.9 Å². The second-order valence-electron chi connectivity index (χ2n) is 4.37. The van der Waals surface area contributed by atoms with Crippen molar-refractivity contribution >= 4 is 27.5 Å². The lowest BCUT2D eigenvalue weighted by atomic mass is 9.98. The summed E-state index contributed by atoms with van der Waals surface area (Å²) in [5.74, 6) is -0.244. The highest BCUT2D eigenvalue weighted by Crippen LogP contribution is 2.33. The number of benzene rings is 2. The minimum absolute atomic E-state index is 0.244. The van der Waals surface area contributed by atoms with E-state index in [4.69, 9.17) is 11.6 Å². The standard InChI is InChI=1S/C15H13BrClF/c1-9-8-14(16)10(2)7-13(9)15(17)11-3-5-12(18)6-4-11/h3-8,15H,1-2H3. The summed E-state index contributed by atoms with van der Waals surface area (Å²) in [4.78, 5) is 0. The van der Waals surface area contributed by atoms with Gasteiger partial charge in [0.2, 0.25) is 0 Å². The van der Waals surface area contributed by atoms with Gasteiger partial charge >= 0.3 is 0 Å². The number of aryl methyl sites for hydroxylation is 2. The van der Waals surface area contributed by atoms with Crippen LogP contribution in [0, 0.1) is 19.7 Å². The molecule has 0 heterocycles. The van der Waals surface area contributed by atoms with Crippen molar-refractivity contribution in [3.8, 4) is 0 Å². The lowest BCUT2D eigenvalue weighted by Gasteiger charge is -2.15. The van der Waals surface area contributed by atoms with Crippen LogP contribution in [0.5, 0.6) is 0 Å². The van der Waals surface area contributed by atoms with E-state index >= 15 is 0 Å². The first-order chi connectivity index (χ1) is 8.49. The Hall–Kier alpha value is -0.860. The molecule has 1 atom stereocenters. The van der Waals surface area contributed by atoms with Crippen molar-refractivity contribution in [1.29, 1.82) is 0 Å². The minimum atomic E-state index is -0.252.